The number of carbonyl (C=O) groups is 2. The van der Waals surface area contributed by atoms with Gasteiger partial charge in [-0.3, -0.25) is 14.4 Å². The van der Waals surface area contributed by atoms with Crippen LogP contribution in [0.1, 0.15) is 47.5 Å². The summed E-state index contributed by atoms with van der Waals surface area (Å²) in [6.45, 7) is 2.23. The molecule has 0 saturated carbocycles. The van der Waals surface area contributed by atoms with Gasteiger partial charge in [0.25, 0.3) is 5.91 Å². The average Bonchev–Trinajstić information content (AvgIpc) is 3.02. The van der Waals surface area contributed by atoms with E-state index in [9.17, 15) is 19.5 Å². The zero-order valence-corrected chi connectivity index (χ0v) is 16.8. The molecule has 0 bridgehead atoms. The molecule has 1 aliphatic heterocycles. The second-order valence-electron chi connectivity index (χ2n) is 7.23. The maximum atomic E-state index is 13.3. The first kappa shape index (κ1) is 20.5. The van der Waals surface area contributed by atoms with E-state index in [1.165, 1.54) is 11.0 Å². The summed E-state index contributed by atoms with van der Waals surface area (Å²) in [5, 5.41) is 19.4. The van der Waals surface area contributed by atoms with Gasteiger partial charge in [-0.1, -0.05) is 18.2 Å². The number of fused-ring (bicyclic) bond motifs is 2. The summed E-state index contributed by atoms with van der Waals surface area (Å²) in [6, 6.07) is 10.6. The van der Waals surface area contributed by atoms with Crippen LogP contribution in [-0.2, 0) is 4.79 Å². The molecule has 1 atom stereocenters. The van der Waals surface area contributed by atoms with Crippen LogP contribution < -0.4 is 10.2 Å². The fourth-order valence-corrected chi connectivity index (χ4v) is 3.92. The third-order valence-electron chi connectivity index (χ3n) is 5.26. The number of ether oxygens (including phenoxy) is 1. The number of carboxylic acid groups (broad SMARTS) is 1. The van der Waals surface area contributed by atoms with Crippen molar-refractivity contribution in [1.29, 1.82) is 0 Å². The third kappa shape index (κ3) is 3.61. The van der Waals surface area contributed by atoms with Gasteiger partial charge in [0.15, 0.2) is 16.9 Å². The van der Waals surface area contributed by atoms with Gasteiger partial charge in [-0.2, -0.15) is 0 Å². The number of aliphatic carboxylic acids is 1. The van der Waals surface area contributed by atoms with Crippen LogP contribution in [0.2, 0.25) is 0 Å². The molecular weight excluding hydrogens is 402 g/mol. The highest BCUT2D eigenvalue weighted by atomic mass is 16.5. The number of phenols is 1. The molecule has 1 aliphatic rings. The molecule has 2 heterocycles. The summed E-state index contributed by atoms with van der Waals surface area (Å²) in [5.41, 5.74) is 0.756. The Kier molecular flexibility index (Phi) is 5.37. The monoisotopic (exact) mass is 423 g/mol. The number of carboxylic acids is 1. The number of carbonyl (C=O) groups excluding carboxylic acids is 1. The molecule has 2 aromatic carbocycles. The Morgan fingerprint density at radius 3 is 2.71 bits per heavy atom. The minimum atomic E-state index is -0.969. The number of benzene rings is 2. The highest BCUT2D eigenvalue weighted by Gasteiger charge is 2.42. The van der Waals surface area contributed by atoms with E-state index < -0.39 is 17.9 Å². The Balaban J connectivity index is 1.88. The first-order valence-corrected chi connectivity index (χ1v) is 9.96. The number of rotatable bonds is 7. The average molecular weight is 423 g/mol. The molecule has 3 aromatic rings. The Bertz CT molecular complexity index is 1230. The van der Waals surface area contributed by atoms with Gasteiger partial charge < -0.3 is 24.3 Å². The molecule has 0 saturated heterocycles. The van der Waals surface area contributed by atoms with E-state index in [0.717, 1.165) is 0 Å². The summed E-state index contributed by atoms with van der Waals surface area (Å²) in [5.74, 6) is -1.31. The Morgan fingerprint density at radius 2 is 1.97 bits per heavy atom. The van der Waals surface area contributed by atoms with Crippen molar-refractivity contribution in [2.45, 2.75) is 25.8 Å². The van der Waals surface area contributed by atoms with Gasteiger partial charge in [0.1, 0.15) is 5.58 Å². The largest absolute Gasteiger partial charge is 0.504 e. The minimum absolute atomic E-state index is 0.0462. The SMILES string of the molecule is CCOc1cc([C@H]2c3c(oc4ccccc4c3=O)C(=O)N2CCCC(=O)O)ccc1O. The fraction of sp³-hybridized carbons (Fsp3) is 0.261. The van der Waals surface area contributed by atoms with Crippen LogP contribution in [0.4, 0.5) is 0 Å². The molecule has 1 aromatic heterocycles. The molecule has 0 fully saturated rings. The molecule has 160 valence electrons. The lowest BCUT2D eigenvalue weighted by Crippen LogP contribution is -2.31. The van der Waals surface area contributed by atoms with Gasteiger partial charge in [-0.25, -0.2) is 0 Å². The van der Waals surface area contributed by atoms with Crippen molar-refractivity contribution in [2.75, 3.05) is 13.2 Å². The standard InChI is InChI=1S/C23H21NO7/c1-2-30-17-12-13(9-10-15(17)25)20-19-21(28)14-6-3-4-7-16(14)31-22(19)23(29)24(20)11-5-8-18(26)27/h3-4,6-7,9-10,12,20,25H,2,5,8,11H2,1H3,(H,26,27)/t20-/m0/s1. The van der Waals surface area contributed by atoms with Gasteiger partial charge in [0, 0.05) is 13.0 Å². The lowest BCUT2D eigenvalue weighted by Gasteiger charge is -2.25. The van der Waals surface area contributed by atoms with Crippen LogP contribution in [0, 0.1) is 0 Å². The molecule has 8 nitrogen and oxygen atoms in total. The number of hydrogen-bond donors (Lipinski definition) is 2. The number of nitrogens with zero attached hydrogens (tertiary/aromatic N) is 1. The second-order valence-corrected chi connectivity index (χ2v) is 7.23. The van der Waals surface area contributed by atoms with Crippen molar-refractivity contribution in [3.05, 3.63) is 69.6 Å². The number of phenolic OH excluding ortho intramolecular Hbond substituents is 1. The highest BCUT2D eigenvalue weighted by Crippen LogP contribution is 2.40. The molecule has 1 amide bonds. The van der Waals surface area contributed by atoms with Crippen molar-refractivity contribution >= 4 is 22.8 Å². The van der Waals surface area contributed by atoms with Crippen LogP contribution >= 0.6 is 0 Å². The van der Waals surface area contributed by atoms with Crippen molar-refractivity contribution in [3.8, 4) is 11.5 Å². The molecule has 0 aliphatic carbocycles. The molecule has 8 heteroatoms. The minimum Gasteiger partial charge on any atom is -0.504 e. The summed E-state index contributed by atoms with van der Waals surface area (Å²) < 4.78 is 11.3. The van der Waals surface area contributed by atoms with Gasteiger partial charge in [-0.15, -0.1) is 0 Å². The van der Waals surface area contributed by atoms with E-state index in [0.29, 0.717) is 23.1 Å². The summed E-state index contributed by atoms with van der Waals surface area (Å²) in [6.07, 6.45) is 0.103. The topological polar surface area (TPSA) is 117 Å². The zero-order valence-electron chi connectivity index (χ0n) is 16.8. The smallest absolute Gasteiger partial charge is 0.303 e. The Morgan fingerprint density at radius 1 is 1.19 bits per heavy atom. The number of amides is 1. The van der Waals surface area contributed by atoms with Crippen molar-refractivity contribution < 1.29 is 29.0 Å². The Labute approximate surface area is 177 Å². The predicted molar refractivity (Wildman–Crippen MR) is 112 cm³/mol. The number of hydrogen-bond acceptors (Lipinski definition) is 6. The molecule has 31 heavy (non-hydrogen) atoms. The van der Waals surface area contributed by atoms with Crippen LogP contribution in [0.5, 0.6) is 11.5 Å². The normalized spacial score (nSPS) is 15.3. The molecular formula is C23H21NO7. The van der Waals surface area contributed by atoms with Gasteiger partial charge >= 0.3 is 5.97 Å². The lowest BCUT2D eigenvalue weighted by atomic mass is 9.98. The first-order valence-electron chi connectivity index (χ1n) is 9.96. The number of para-hydroxylation sites is 1. The summed E-state index contributed by atoms with van der Waals surface area (Å²) in [7, 11) is 0. The van der Waals surface area contributed by atoms with Gasteiger partial charge in [-0.05, 0) is 43.2 Å². The third-order valence-corrected chi connectivity index (χ3v) is 5.26. The molecule has 0 spiro atoms. The van der Waals surface area contributed by atoms with Crippen molar-refractivity contribution in [1.82, 2.24) is 4.90 Å². The van der Waals surface area contributed by atoms with E-state index in [4.69, 9.17) is 14.3 Å². The summed E-state index contributed by atoms with van der Waals surface area (Å²) >= 11 is 0. The number of aromatic hydroxyl groups is 1. The maximum Gasteiger partial charge on any atom is 0.303 e. The lowest BCUT2D eigenvalue weighted by molar-refractivity contribution is -0.137. The van der Waals surface area contributed by atoms with E-state index in [1.807, 2.05) is 0 Å². The molecule has 4 rings (SSSR count). The summed E-state index contributed by atoms with van der Waals surface area (Å²) in [4.78, 5) is 39.0. The molecule has 0 unspecified atom stereocenters. The van der Waals surface area contributed by atoms with Crippen LogP contribution in [0.25, 0.3) is 11.0 Å². The predicted octanol–water partition coefficient (Wildman–Crippen LogP) is 3.31. The quantitative estimate of drug-likeness (QED) is 0.599. The van der Waals surface area contributed by atoms with Crippen molar-refractivity contribution in [3.63, 3.8) is 0 Å². The van der Waals surface area contributed by atoms with E-state index in [-0.39, 0.29) is 47.6 Å². The van der Waals surface area contributed by atoms with E-state index in [2.05, 4.69) is 0 Å². The van der Waals surface area contributed by atoms with Crippen LogP contribution in [0.15, 0.2) is 51.7 Å². The highest BCUT2D eigenvalue weighted by molar-refractivity contribution is 5.99. The van der Waals surface area contributed by atoms with Crippen LogP contribution in [-0.4, -0.2) is 40.1 Å². The maximum absolute atomic E-state index is 13.3. The first-order chi connectivity index (χ1) is 14.9. The second kappa shape index (κ2) is 8.14. The van der Waals surface area contributed by atoms with Gasteiger partial charge in [0.05, 0.1) is 23.6 Å². The van der Waals surface area contributed by atoms with E-state index >= 15 is 0 Å². The zero-order chi connectivity index (χ0) is 22.1. The van der Waals surface area contributed by atoms with E-state index in [1.54, 1.807) is 43.3 Å². The Hall–Kier alpha value is -3.81. The van der Waals surface area contributed by atoms with Crippen LogP contribution in [0.3, 0.4) is 0 Å². The molecule has 2 N–H and O–H groups in total. The van der Waals surface area contributed by atoms with Crippen molar-refractivity contribution in [2.24, 2.45) is 0 Å². The van der Waals surface area contributed by atoms with Gasteiger partial charge in [0.2, 0.25) is 5.76 Å². The fourth-order valence-electron chi connectivity index (χ4n) is 3.92. The molecule has 0 radical (unpaired) electrons.